The highest BCUT2D eigenvalue weighted by Crippen LogP contribution is 2.29. The van der Waals surface area contributed by atoms with Crippen LogP contribution in [-0.2, 0) is 4.74 Å². The monoisotopic (exact) mass is 251 g/mol. The molecular formula is C15H22FNO. The van der Waals surface area contributed by atoms with Crippen molar-refractivity contribution in [2.75, 3.05) is 20.3 Å². The lowest BCUT2D eigenvalue weighted by Crippen LogP contribution is -2.24. The van der Waals surface area contributed by atoms with Crippen LogP contribution in [0.2, 0.25) is 0 Å². The van der Waals surface area contributed by atoms with Gasteiger partial charge in [-0.3, -0.25) is 0 Å². The maximum Gasteiger partial charge on any atom is 0.123 e. The van der Waals surface area contributed by atoms with Crippen LogP contribution in [0, 0.1) is 18.7 Å². The number of hydrogen-bond acceptors (Lipinski definition) is 2. The fourth-order valence-corrected chi connectivity index (χ4v) is 2.70. The van der Waals surface area contributed by atoms with Crippen molar-refractivity contribution in [3.8, 4) is 0 Å². The minimum absolute atomic E-state index is 0.150. The van der Waals surface area contributed by atoms with Crippen LogP contribution in [0.25, 0.3) is 0 Å². The Labute approximate surface area is 109 Å². The normalized spacial score (nSPS) is 18.8. The van der Waals surface area contributed by atoms with Gasteiger partial charge in [0, 0.05) is 19.3 Å². The molecule has 1 aliphatic rings. The van der Waals surface area contributed by atoms with Gasteiger partial charge in [-0.1, -0.05) is 6.07 Å². The third-order valence-corrected chi connectivity index (χ3v) is 3.88. The van der Waals surface area contributed by atoms with E-state index in [1.807, 2.05) is 20.0 Å². The zero-order chi connectivity index (χ0) is 13.0. The molecule has 1 N–H and O–H groups in total. The van der Waals surface area contributed by atoms with Gasteiger partial charge in [0.15, 0.2) is 0 Å². The Morgan fingerprint density at radius 2 is 2.11 bits per heavy atom. The van der Waals surface area contributed by atoms with Crippen molar-refractivity contribution in [1.29, 1.82) is 0 Å². The van der Waals surface area contributed by atoms with E-state index in [4.69, 9.17) is 4.74 Å². The number of aryl methyl sites for hydroxylation is 1. The number of nitrogens with one attached hydrogen (secondary N) is 1. The van der Waals surface area contributed by atoms with Gasteiger partial charge in [0.2, 0.25) is 0 Å². The van der Waals surface area contributed by atoms with Crippen LogP contribution >= 0.6 is 0 Å². The summed E-state index contributed by atoms with van der Waals surface area (Å²) in [6.45, 7) is 3.77. The molecule has 3 heteroatoms. The van der Waals surface area contributed by atoms with Crippen LogP contribution in [0.4, 0.5) is 4.39 Å². The van der Waals surface area contributed by atoms with Gasteiger partial charge in [-0.05, 0) is 62.4 Å². The second kappa shape index (κ2) is 6.30. The van der Waals surface area contributed by atoms with Gasteiger partial charge in [-0.2, -0.15) is 0 Å². The van der Waals surface area contributed by atoms with Crippen LogP contribution in [0.3, 0.4) is 0 Å². The first kappa shape index (κ1) is 13.5. The van der Waals surface area contributed by atoms with Crippen LogP contribution in [0.5, 0.6) is 0 Å². The van der Waals surface area contributed by atoms with Gasteiger partial charge < -0.3 is 10.1 Å². The van der Waals surface area contributed by atoms with E-state index in [0.29, 0.717) is 5.92 Å². The third kappa shape index (κ3) is 3.30. The zero-order valence-electron chi connectivity index (χ0n) is 11.2. The molecule has 1 unspecified atom stereocenters. The van der Waals surface area contributed by atoms with Crippen molar-refractivity contribution in [2.24, 2.45) is 5.92 Å². The maximum atomic E-state index is 13.4. The minimum atomic E-state index is -0.150. The molecule has 0 bridgehead atoms. The first-order valence-electron chi connectivity index (χ1n) is 6.71. The van der Waals surface area contributed by atoms with E-state index in [1.54, 1.807) is 6.07 Å². The average Bonchev–Trinajstić information content (AvgIpc) is 2.40. The van der Waals surface area contributed by atoms with Crippen molar-refractivity contribution >= 4 is 0 Å². The van der Waals surface area contributed by atoms with Gasteiger partial charge in [-0.15, -0.1) is 0 Å². The fourth-order valence-electron chi connectivity index (χ4n) is 2.70. The topological polar surface area (TPSA) is 21.3 Å². The third-order valence-electron chi connectivity index (χ3n) is 3.88. The summed E-state index contributed by atoms with van der Waals surface area (Å²) >= 11 is 0. The van der Waals surface area contributed by atoms with E-state index in [2.05, 4.69) is 5.32 Å². The van der Waals surface area contributed by atoms with E-state index in [1.165, 1.54) is 6.07 Å². The number of rotatable bonds is 4. The predicted molar refractivity (Wildman–Crippen MR) is 71.1 cm³/mol. The van der Waals surface area contributed by atoms with Crippen LogP contribution in [-0.4, -0.2) is 20.3 Å². The molecule has 0 amide bonds. The van der Waals surface area contributed by atoms with Crippen molar-refractivity contribution in [3.63, 3.8) is 0 Å². The van der Waals surface area contributed by atoms with Gasteiger partial charge >= 0.3 is 0 Å². The zero-order valence-corrected chi connectivity index (χ0v) is 11.2. The first-order chi connectivity index (χ1) is 8.70. The molecule has 1 aromatic carbocycles. The molecule has 100 valence electrons. The molecule has 1 fully saturated rings. The van der Waals surface area contributed by atoms with Gasteiger partial charge in [0.1, 0.15) is 5.82 Å². The summed E-state index contributed by atoms with van der Waals surface area (Å²) in [7, 11) is 1.95. The number of halogens is 1. The lowest BCUT2D eigenvalue weighted by Gasteiger charge is -2.27. The Morgan fingerprint density at radius 3 is 2.78 bits per heavy atom. The summed E-state index contributed by atoms with van der Waals surface area (Å²) in [4.78, 5) is 0. The van der Waals surface area contributed by atoms with Gasteiger partial charge in [0.25, 0.3) is 0 Å². The summed E-state index contributed by atoms with van der Waals surface area (Å²) in [5, 5.41) is 3.33. The molecule has 1 saturated heterocycles. The smallest absolute Gasteiger partial charge is 0.123 e. The Hall–Kier alpha value is -0.930. The van der Waals surface area contributed by atoms with Gasteiger partial charge in [0.05, 0.1) is 0 Å². The molecule has 0 saturated carbocycles. The highest BCUT2D eigenvalue weighted by molar-refractivity contribution is 5.29. The van der Waals surface area contributed by atoms with E-state index in [-0.39, 0.29) is 11.9 Å². The Kier molecular flexibility index (Phi) is 4.72. The lowest BCUT2D eigenvalue weighted by molar-refractivity contribution is 0.0607. The SMILES string of the molecule is CNC(CC1CCOCC1)c1cc(F)ccc1C. The second-order valence-corrected chi connectivity index (χ2v) is 5.13. The summed E-state index contributed by atoms with van der Waals surface area (Å²) in [6.07, 6.45) is 3.29. The Balaban J connectivity index is 2.09. The van der Waals surface area contributed by atoms with Crippen molar-refractivity contribution in [2.45, 2.75) is 32.2 Å². The van der Waals surface area contributed by atoms with E-state index in [0.717, 1.165) is 43.6 Å². The average molecular weight is 251 g/mol. The number of ether oxygens (including phenoxy) is 1. The molecule has 2 rings (SSSR count). The van der Waals surface area contributed by atoms with E-state index >= 15 is 0 Å². The summed E-state index contributed by atoms with van der Waals surface area (Å²) in [5.41, 5.74) is 2.24. The second-order valence-electron chi connectivity index (χ2n) is 5.13. The van der Waals surface area contributed by atoms with Crippen LogP contribution in [0.15, 0.2) is 18.2 Å². The van der Waals surface area contributed by atoms with Gasteiger partial charge in [-0.25, -0.2) is 4.39 Å². The summed E-state index contributed by atoms with van der Waals surface area (Å²) in [5.74, 6) is 0.529. The summed E-state index contributed by atoms with van der Waals surface area (Å²) < 4.78 is 18.8. The molecular weight excluding hydrogens is 229 g/mol. The number of hydrogen-bond donors (Lipinski definition) is 1. The summed E-state index contributed by atoms with van der Waals surface area (Å²) in [6, 6.07) is 5.29. The minimum Gasteiger partial charge on any atom is -0.381 e. The van der Waals surface area contributed by atoms with E-state index in [9.17, 15) is 4.39 Å². The fraction of sp³-hybridized carbons (Fsp3) is 0.600. The van der Waals surface area contributed by atoms with Crippen molar-refractivity contribution in [1.82, 2.24) is 5.32 Å². The highest BCUT2D eigenvalue weighted by Gasteiger charge is 2.20. The molecule has 0 radical (unpaired) electrons. The molecule has 1 atom stereocenters. The largest absolute Gasteiger partial charge is 0.381 e. The first-order valence-corrected chi connectivity index (χ1v) is 6.71. The molecule has 0 aliphatic carbocycles. The Bertz CT molecular complexity index is 388. The molecule has 0 aromatic heterocycles. The Morgan fingerprint density at radius 1 is 1.39 bits per heavy atom. The van der Waals surface area contributed by atoms with E-state index < -0.39 is 0 Å². The van der Waals surface area contributed by atoms with Crippen LogP contribution in [0.1, 0.15) is 36.4 Å². The molecule has 18 heavy (non-hydrogen) atoms. The molecule has 1 heterocycles. The quantitative estimate of drug-likeness (QED) is 0.887. The molecule has 0 spiro atoms. The predicted octanol–water partition coefficient (Wildman–Crippen LogP) is 3.21. The number of benzene rings is 1. The van der Waals surface area contributed by atoms with Crippen molar-refractivity contribution < 1.29 is 9.13 Å². The molecule has 1 aliphatic heterocycles. The standard InChI is InChI=1S/C15H22FNO/c1-11-3-4-13(16)10-14(11)15(17-2)9-12-5-7-18-8-6-12/h3-4,10,12,15,17H,5-9H2,1-2H3. The van der Waals surface area contributed by atoms with Crippen LogP contribution < -0.4 is 5.32 Å². The molecule has 1 aromatic rings. The molecule has 2 nitrogen and oxygen atoms in total. The maximum absolute atomic E-state index is 13.4. The highest BCUT2D eigenvalue weighted by atomic mass is 19.1. The van der Waals surface area contributed by atoms with Crippen molar-refractivity contribution in [3.05, 3.63) is 35.1 Å². The lowest BCUT2D eigenvalue weighted by atomic mass is 9.88.